The van der Waals surface area contributed by atoms with E-state index in [1.807, 2.05) is 4.90 Å². The van der Waals surface area contributed by atoms with Crippen molar-refractivity contribution in [2.45, 2.75) is 26.2 Å². The second kappa shape index (κ2) is 6.08. The highest BCUT2D eigenvalue weighted by Gasteiger charge is 2.25. The summed E-state index contributed by atoms with van der Waals surface area (Å²) in [6.45, 7) is 4.44. The van der Waals surface area contributed by atoms with Gasteiger partial charge in [-0.15, -0.1) is 0 Å². The van der Waals surface area contributed by atoms with Gasteiger partial charge >= 0.3 is 0 Å². The van der Waals surface area contributed by atoms with Gasteiger partial charge in [0.2, 0.25) is 5.91 Å². The van der Waals surface area contributed by atoms with Crippen LogP contribution in [0.25, 0.3) is 0 Å². The molecule has 0 aliphatic carbocycles. The van der Waals surface area contributed by atoms with Crippen LogP contribution in [0.5, 0.6) is 0 Å². The van der Waals surface area contributed by atoms with Gasteiger partial charge in [0, 0.05) is 32.0 Å². The molecule has 1 rings (SSSR count). The molecule has 1 amide bonds. The molecule has 0 bridgehead atoms. The molecule has 0 radical (unpaired) electrons. The number of hydrogen-bond donors (Lipinski definition) is 2. The summed E-state index contributed by atoms with van der Waals surface area (Å²) in [4.78, 5) is 13.6. The van der Waals surface area contributed by atoms with E-state index in [0.29, 0.717) is 24.8 Å². The number of carbonyl (C=O) groups excluding carboxylic acids is 1. The standard InChI is InChI=1S/C11H22N2O2/c1-9(6-12)2-3-11(15)13-5-4-10(7-13)8-14/h9-10,14H,2-8,12H2,1H3. The van der Waals surface area contributed by atoms with Crippen molar-refractivity contribution < 1.29 is 9.90 Å². The van der Waals surface area contributed by atoms with Crippen molar-refractivity contribution in [3.8, 4) is 0 Å². The van der Waals surface area contributed by atoms with Crippen LogP contribution in [0, 0.1) is 11.8 Å². The molecule has 4 nitrogen and oxygen atoms in total. The maximum absolute atomic E-state index is 11.7. The summed E-state index contributed by atoms with van der Waals surface area (Å²) in [6, 6.07) is 0. The summed E-state index contributed by atoms with van der Waals surface area (Å²) < 4.78 is 0. The lowest BCUT2D eigenvalue weighted by atomic mass is 10.1. The number of likely N-dealkylation sites (tertiary alicyclic amines) is 1. The Hall–Kier alpha value is -0.610. The summed E-state index contributed by atoms with van der Waals surface area (Å²) >= 11 is 0. The molecule has 0 aromatic carbocycles. The fourth-order valence-corrected chi connectivity index (χ4v) is 1.85. The normalized spacial score (nSPS) is 23.1. The third-order valence-corrected chi connectivity index (χ3v) is 3.15. The smallest absolute Gasteiger partial charge is 0.222 e. The third-order valence-electron chi connectivity index (χ3n) is 3.15. The zero-order chi connectivity index (χ0) is 11.3. The van der Waals surface area contributed by atoms with E-state index in [-0.39, 0.29) is 12.5 Å². The van der Waals surface area contributed by atoms with Crippen LogP contribution in [0.1, 0.15) is 26.2 Å². The summed E-state index contributed by atoms with van der Waals surface area (Å²) in [5.74, 6) is 0.928. The maximum atomic E-state index is 11.7. The zero-order valence-corrected chi connectivity index (χ0v) is 9.48. The van der Waals surface area contributed by atoms with Gasteiger partial charge in [-0.3, -0.25) is 4.79 Å². The van der Waals surface area contributed by atoms with E-state index in [1.54, 1.807) is 0 Å². The molecule has 1 fully saturated rings. The Morgan fingerprint density at radius 1 is 1.67 bits per heavy atom. The predicted molar refractivity (Wildman–Crippen MR) is 59.2 cm³/mol. The molecule has 0 saturated carbocycles. The molecule has 15 heavy (non-hydrogen) atoms. The molecule has 1 heterocycles. The average molecular weight is 214 g/mol. The molecule has 2 unspecified atom stereocenters. The van der Waals surface area contributed by atoms with E-state index in [4.69, 9.17) is 10.8 Å². The molecule has 0 spiro atoms. The van der Waals surface area contributed by atoms with Gasteiger partial charge in [0.1, 0.15) is 0 Å². The van der Waals surface area contributed by atoms with Gasteiger partial charge in [-0.25, -0.2) is 0 Å². The first-order valence-electron chi connectivity index (χ1n) is 5.76. The van der Waals surface area contributed by atoms with E-state index in [0.717, 1.165) is 25.9 Å². The first-order valence-corrected chi connectivity index (χ1v) is 5.76. The fourth-order valence-electron chi connectivity index (χ4n) is 1.85. The highest BCUT2D eigenvalue weighted by atomic mass is 16.3. The van der Waals surface area contributed by atoms with E-state index in [9.17, 15) is 4.79 Å². The van der Waals surface area contributed by atoms with Crippen molar-refractivity contribution >= 4 is 5.91 Å². The molecule has 88 valence electrons. The Morgan fingerprint density at radius 3 is 2.93 bits per heavy atom. The highest BCUT2D eigenvalue weighted by molar-refractivity contribution is 5.76. The summed E-state index contributed by atoms with van der Waals surface area (Å²) in [6.07, 6.45) is 2.40. The second-order valence-electron chi connectivity index (χ2n) is 4.56. The van der Waals surface area contributed by atoms with Gasteiger partial charge in [-0.2, -0.15) is 0 Å². The number of nitrogens with zero attached hydrogens (tertiary/aromatic N) is 1. The minimum atomic E-state index is 0.197. The highest BCUT2D eigenvalue weighted by Crippen LogP contribution is 2.17. The average Bonchev–Trinajstić information content (AvgIpc) is 2.73. The van der Waals surface area contributed by atoms with Crippen LogP contribution >= 0.6 is 0 Å². The van der Waals surface area contributed by atoms with E-state index < -0.39 is 0 Å². The number of aliphatic hydroxyl groups is 1. The van der Waals surface area contributed by atoms with Crippen molar-refractivity contribution in [3.63, 3.8) is 0 Å². The summed E-state index contributed by atoms with van der Waals surface area (Å²) in [5, 5.41) is 8.97. The summed E-state index contributed by atoms with van der Waals surface area (Å²) in [7, 11) is 0. The van der Waals surface area contributed by atoms with Crippen LogP contribution in [0.4, 0.5) is 0 Å². The lowest BCUT2D eigenvalue weighted by Gasteiger charge is -2.17. The van der Waals surface area contributed by atoms with E-state index in [1.165, 1.54) is 0 Å². The largest absolute Gasteiger partial charge is 0.396 e. The van der Waals surface area contributed by atoms with Crippen molar-refractivity contribution in [1.29, 1.82) is 0 Å². The molecule has 0 aromatic heterocycles. The van der Waals surface area contributed by atoms with E-state index in [2.05, 4.69) is 6.92 Å². The lowest BCUT2D eigenvalue weighted by Crippen LogP contribution is -2.29. The van der Waals surface area contributed by atoms with Crippen molar-refractivity contribution in [1.82, 2.24) is 4.90 Å². The van der Waals surface area contributed by atoms with Crippen LogP contribution in [0.3, 0.4) is 0 Å². The van der Waals surface area contributed by atoms with Gasteiger partial charge in [0.15, 0.2) is 0 Å². The Bertz CT molecular complexity index is 209. The van der Waals surface area contributed by atoms with Crippen LogP contribution in [-0.4, -0.2) is 42.2 Å². The number of aliphatic hydroxyl groups excluding tert-OH is 1. The molecule has 1 aliphatic heterocycles. The van der Waals surface area contributed by atoms with Gasteiger partial charge in [0.05, 0.1) is 0 Å². The molecular formula is C11H22N2O2. The Kier molecular flexibility index (Phi) is 5.05. The molecule has 0 aromatic rings. The number of carbonyl (C=O) groups is 1. The van der Waals surface area contributed by atoms with Gasteiger partial charge in [-0.1, -0.05) is 6.92 Å². The van der Waals surface area contributed by atoms with Crippen LogP contribution in [-0.2, 0) is 4.79 Å². The molecular weight excluding hydrogens is 192 g/mol. The Labute approximate surface area is 91.4 Å². The number of amides is 1. The topological polar surface area (TPSA) is 66.6 Å². The van der Waals surface area contributed by atoms with Gasteiger partial charge < -0.3 is 15.7 Å². The zero-order valence-electron chi connectivity index (χ0n) is 9.48. The minimum Gasteiger partial charge on any atom is -0.396 e. The molecule has 1 saturated heterocycles. The van der Waals surface area contributed by atoms with Crippen molar-refractivity contribution in [2.24, 2.45) is 17.6 Å². The first-order chi connectivity index (χ1) is 7.17. The van der Waals surface area contributed by atoms with Crippen LogP contribution in [0.2, 0.25) is 0 Å². The maximum Gasteiger partial charge on any atom is 0.222 e. The second-order valence-corrected chi connectivity index (χ2v) is 4.56. The molecule has 1 aliphatic rings. The molecule has 4 heteroatoms. The minimum absolute atomic E-state index is 0.197. The SMILES string of the molecule is CC(CN)CCC(=O)N1CCC(CO)C1. The molecule has 3 N–H and O–H groups in total. The van der Waals surface area contributed by atoms with Gasteiger partial charge in [0.25, 0.3) is 0 Å². The quantitative estimate of drug-likeness (QED) is 0.687. The Morgan fingerprint density at radius 2 is 2.40 bits per heavy atom. The van der Waals surface area contributed by atoms with Crippen LogP contribution < -0.4 is 5.73 Å². The van der Waals surface area contributed by atoms with Crippen molar-refractivity contribution in [2.75, 3.05) is 26.2 Å². The number of nitrogens with two attached hydrogens (primary N) is 1. The Balaban J connectivity index is 2.23. The first kappa shape index (κ1) is 12.5. The number of rotatable bonds is 5. The summed E-state index contributed by atoms with van der Waals surface area (Å²) in [5.41, 5.74) is 5.50. The molecule has 2 atom stereocenters. The predicted octanol–water partition coefficient (Wildman–Crippen LogP) is 0.202. The van der Waals surface area contributed by atoms with Crippen LogP contribution in [0.15, 0.2) is 0 Å². The third kappa shape index (κ3) is 3.80. The van der Waals surface area contributed by atoms with Gasteiger partial charge in [-0.05, 0) is 25.3 Å². The number of hydrogen-bond acceptors (Lipinski definition) is 3. The monoisotopic (exact) mass is 214 g/mol. The lowest BCUT2D eigenvalue weighted by molar-refractivity contribution is -0.130. The van der Waals surface area contributed by atoms with Crippen molar-refractivity contribution in [3.05, 3.63) is 0 Å². The fraction of sp³-hybridized carbons (Fsp3) is 0.909. The van der Waals surface area contributed by atoms with E-state index >= 15 is 0 Å².